The van der Waals surface area contributed by atoms with Crippen LogP contribution in [0.1, 0.15) is 51.1 Å². The molecule has 1 unspecified atom stereocenters. The van der Waals surface area contributed by atoms with Gasteiger partial charge >= 0.3 is 5.97 Å². The molecule has 1 aliphatic heterocycles. The van der Waals surface area contributed by atoms with Gasteiger partial charge in [-0.05, 0) is 30.7 Å². The molecule has 1 aromatic rings. The largest absolute Gasteiger partial charge is 0.463 e. The highest BCUT2D eigenvalue weighted by atomic mass is 16.5. The van der Waals surface area contributed by atoms with Crippen LogP contribution in [0.4, 0.5) is 0 Å². The van der Waals surface area contributed by atoms with Crippen LogP contribution in [-0.2, 0) is 14.3 Å². The Kier molecular flexibility index (Phi) is 5.99. The zero-order valence-corrected chi connectivity index (χ0v) is 13.4. The number of rotatable bonds is 1. The van der Waals surface area contributed by atoms with Gasteiger partial charge in [-0.3, -0.25) is 9.59 Å². The average molecular weight is 303 g/mol. The zero-order valence-electron chi connectivity index (χ0n) is 13.4. The lowest BCUT2D eigenvalue weighted by Gasteiger charge is -2.22. The summed E-state index contributed by atoms with van der Waals surface area (Å²) >= 11 is 0. The van der Waals surface area contributed by atoms with E-state index in [1.807, 2.05) is 37.3 Å². The summed E-state index contributed by atoms with van der Waals surface area (Å²) in [6, 6.07) is 9.37. The number of amides is 1. The van der Waals surface area contributed by atoms with Crippen LogP contribution in [0.5, 0.6) is 0 Å². The molecular formula is C18H25NO3. The van der Waals surface area contributed by atoms with E-state index in [1.54, 1.807) is 0 Å². The van der Waals surface area contributed by atoms with Gasteiger partial charge in [-0.1, -0.05) is 44.2 Å². The fourth-order valence-electron chi connectivity index (χ4n) is 2.65. The number of esters is 1. The first kappa shape index (κ1) is 16.5. The van der Waals surface area contributed by atoms with Gasteiger partial charge in [0.1, 0.15) is 6.61 Å². The number of benzene rings is 1. The molecule has 2 rings (SSSR count). The highest BCUT2D eigenvalue weighted by Gasteiger charge is 2.22. The molecule has 4 nitrogen and oxygen atoms in total. The highest BCUT2D eigenvalue weighted by Crippen LogP contribution is 2.21. The van der Waals surface area contributed by atoms with Crippen molar-refractivity contribution in [2.24, 2.45) is 11.8 Å². The molecular weight excluding hydrogens is 278 g/mol. The van der Waals surface area contributed by atoms with Crippen molar-refractivity contribution in [1.82, 2.24) is 5.32 Å². The van der Waals surface area contributed by atoms with E-state index in [0.29, 0.717) is 12.3 Å². The van der Waals surface area contributed by atoms with Crippen LogP contribution >= 0.6 is 0 Å². The molecule has 1 N–H and O–H groups in total. The summed E-state index contributed by atoms with van der Waals surface area (Å²) in [4.78, 5) is 24.2. The van der Waals surface area contributed by atoms with Crippen molar-refractivity contribution in [3.05, 3.63) is 35.9 Å². The Bertz CT molecular complexity index is 500. The van der Waals surface area contributed by atoms with Crippen molar-refractivity contribution in [3.8, 4) is 0 Å². The van der Waals surface area contributed by atoms with Crippen LogP contribution in [0.25, 0.3) is 0 Å². The van der Waals surface area contributed by atoms with Crippen molar-refractivity contribution in [2.45, 2.75) is 45.6 Å². The topological polar surface area (TPSA) is 55.4 Å². The first-order valence-electron chi connectivity index (χ1n) is 8.07. The van der Waals surface area contributed by atoms with Gasteiger partial charge in [0.15, 0.2) is 0 Å². The van der Waals surface area contributed by atoms with Gasteiger partial charge in [0.05, 0.1) is 12.0 Å². The first-order valence-corrected chi connectivity index (χ1v) is 8.07. The van der Waals surface area contributed by atoms with E-state index < -0.39 is 0 Å². The average Bonchev–Trinajstić information content (AvgIpc) is 2.54. The molecule has 3 atom stereocenters. The molecule has 0 aliphatic carbocycles. The lowest BCUT2D eigenvalue weighted by Crippen LogP contribution is -2.33. The fourth-order valence-corrected chi connectivity index (χ4v) is 2.65. The smallest absolute Gasteiger partial charge is 0.308 e. The van der Waals surface area contributed by atoms with E-state index in [1.165, 1.54) is 0 Å². The minimum atomic E-state index is -0.278. The van der Waals surface area contributed by atoms with Gasteiger partial charge in [-0.15, -0.1) is 0 Å². The van der Waals surface area contributed by atoms with E-state index in [4.69, 9.17) is 4.74 Å². The van der Waals surface area contributed by atoms with Gasteiger partial charge in [0.25, 0.3) is 0 Å². The molecule has 1 fully saturated rings. The maximum Gasteiger partial charge on any atom is 0.308 e. The van der Waals surface area contributed by atoms with Crippen molar-refractivity contribution in [2.75, 3.05) is 6.61 Å². The summed E-state index contributed by atoms with van der Waals surface area (Å²) in [5.41, 5.74) is 0.960. The van der Waals surface area contributed by atoms with Crippen LogP contribution in [-0.4, -0.2) is 18.5 Å². The Hall–Kier alpha value is -1.84. The number of cyclic esters (lactones) is 1. The molecule has 0 aromatic heterocycles. The van der Waals surface area contributed by atoms with Crippen LogP contribution in [0.2, 0.25) is 0 Å². The number of ether oxygens (including phenoxy) is 1. The standard InChI is InChI=1S/C18H25NO3/c1-13-8-10-14(2)18(21)22-12-16(19-17(20)11-9-13)15-6-4-3-5-7-15/h3-7,13-14,16H,8-12H2,1-2H3,(H,19,20)/t13?,14-,16+/m1/s1. The molecule has 1 aliphatic rings. The highest BCUT2D eigenvalue weighted by molar-refractivity contribution is 5.76. The Morgan fingerprint density at radius 1 is 1.05 bits per heavy atom. The fraction of sp³-hybridized carbons (Fsp3) is 0.556. The van der Waals surface area contributed by atoms with Gasteiger partial charge in [0.2, 0.25) is 5.91 Å². The Labute approximate surface area is 132 Å². The molecule has 0 bridgehead atoms. The summed E-state index contributed by atoms with van der Waals surface area (Å²) < 4.78 is 5.42. The minimum absolute atomic E-state index is 0.0189. The summed E-state index contributed by atoms with van der Waals surface area (Å²) in [6.07, 6.45) is 3.14. The maximum absolute atomic E-state index is 12.1. The van der Waals surface area contributed by atoms with Crippen molar-refractivity contribution >= 4 is 11.9 Å². The van der Waals surface area contributed by atoms with Crippen LogP contribution in [0.3, 0.4) is 0 Å². The molecule has 120 valence electrons. The molecule has 1 heterocycles. The van der Waals surface area contributed by atoms with Gasteiger partial charge < -0.3 is 10.1 Å². The molecule has 1 amide bonds. The number of nitrogens with one attached hydrogen (secondary N) is 1. The third kappa shape index (κ3) is 4.86. The van der Waals surface area contributed by atoms with Gasteiger partial charge in [-0.25, -0.2) is 0 Å². The van der Waals surface area contributed by atoms with E-state index in [0.717, 1.165) is 24.8 Å². The third-order valence-corrected chi connectivity index (χ3v) is 4.29. The van der Waals surface area contributed by atoms with Gasteiger partial charge in [-0.2, -0.15) is 0 Å². The molecule has 1 aromatic carbocycles. The van der Waals surface area contributed by atoms with E-state index in [9.17, 15) is 9.59 Å². The summed E-state index contributed by atoms with van der Waals surface area (Å²) in [5, 5.41) is 2.99. The molecule has 22 heavy (non-hydrogen) atoms. The third-order valence-electron chi connectivity index (χ3n) is 4.29. The number of hydrogen-bond donors (Lipinski definition) is 1. The van der Waals surface area contributed by atoms with E-state index in [-0.39, 0.29) is 30.4 Å². The Balaban J connectivity index is 2.11. The summed E-state index contributed by atoms with van der Waals surface area (Å²) in [7, 11) is 0. The van der Waals surface area contributed by atoms with E-state index in [2.05, 4.69) is 12.2 Å². The van der Waals surface area contributed by atoms with Crippen LogP contribution in [0, 0.1) is 11.8 Å². The molecule has 0 saturated carbocycles. The predicted octanol–water partition coefficient (Wildman–Crippen LogP) is 3.23. The van der Waals surface area contributed by atoms with Crippen LogP contribution in [0.15, 0.2) is 30.3 Å². The predicted molar refractivity (Wildman–Crippen MR) is 85.1 cm³/mol. The molecule has 4 heteroatoms. The van der Waals surface area contributed by atoms with Crippen molar-refractivity contribution in [3.63, 3.8) is 0 Å². The van der Waals surface area contributed by atoms with E-state index >= 15 is 0 Å². The number of carbonyl (C=O) groups is 2. The monoisotopic (exact) mass is 303 g/mol. The molecule has 0 spiro atoms. The van der Waals surface area contributed by atoms with Crippen molar-refractivity contribution < 1.29 is 14.3 Å². The zero-order chi connectivity index (χ0) is 15.9. The normalized spacial score (nSPS) is 28.0. The summed E-state index contributed by atoms with van der Waals surface area (Å²) in [5.74, 6) is 0.193. The number of carbonyl (C=O) groups excluding carboxylic acids is 2. The molecule has 1 saturated heterocycles. The van der Waals surface area contributed by atoms with Crippen LogP contribution < -0.4 is 5.32 Å². The minimum Gasteiger partial charge on any atom is -0.463 e. The second-order valence-corrected chi connectivity index (χ2v) is 6.28. The second kappa shape index (κ2) is 7.97. The second-order valence-electron chi connectivity index (χ2n) is 6.28. The SMILES string of the molecule is CC1CCC(=O)N[C@H](c2ccccc2)COC(=O)[C@H](C)CC1. The van der Waals surface area contributed by atoms with Crippen molar-refractivity contribution in [1.29, 1.82) is 0 Å². The number of hydrogen-bond acceptors (Lipinski definition) is 3. The Morgan fingerprint density at radius 2 is 1.77 bits per heavy atom. The quantitative estimate of drug-likeness (QED) is 0.810. The first-order chi connectivity index (χ1) is 10.6. The lowest BCUT2D eigenvalue weighted by molar-refractivity contribution is -0.149. The maximum atomic E-state index is 12.1. The Morgan fingerprint density at radius 3 is 2.50 bits per heavy atom. The molecule has 0 radical (unpaired) electrons. The lowest BCUT2D eigenvalue weighted by atomic mass is 9.94. The summed E-state index contributed by atoms with van der Waals surface area (Å²) in [6.45, 7) is 4.23. The van der Waals surface area contributed by atoms with Gasteiger partial charge in [0, 0.05) is 6.42 Å².